The number of rotatable bonds is 4. The first-order chi connectivity index (χ1) is 8.70. The van der Waals surface area contributed by atoms with Gasteiger partial charge in [0.2, 0.25) is 0 Å². The lowest BCUT2D eigenvalue weighted by Crippen LogP contribution is -2.45. The lowest BCUT2D eigenvalue weighted by Gasteiger charge is -2.42. The number of piperidine rings is 1. The first kappa shape index (κ1) is 14.3. The molecule has 1 aliphatic carbocycles. The van der Waals surface area contributed by atoms with E-state index in [0.717, 1.165) is 30.3 Å². The molecule has 1 heterocycles. The molecule has 2 aliphatic rings. The van der Waals surface area contributed by atoms with E-state index in [4.69, 9.17) is 5.73 Å². The minimum absolute atomic E-state index is 0.873. The average molecular weight is 252 g/mol. The first-order valence-electron chi connectivity index (χ1n) is 8.14. The van der Waals surface area contributed by atoms with Gasteiger partial charge in [0.1, 0.15) is 0 Å². The van der Waals surface area contributed by atoms with Gasteiger partial charge in [0.25, 0.3) is 0 Å². The Kier molecular flexibility index (Phi) is 5.50. The molecule has 0 aromatic carbocycles. The standard InChI is InChI=1S/C16H32N2/c1-13(2)15-6-3-7-16(11-15)18-10-4-5-14(12-18)8-9-17/h13-16H,3-12,17H2,1-2H3. The molecule has 0 aromatic rings. The summed E-state index contributed by atoms with van der Waals surface area (Å²) in [5.41, 5.74) is 5.73. The van der Waals surface area contributed by atoms with Crippen LogP contribution in [0, 0.1) is 17.8 Å². The van der Waals surface area contributed by atoms with Crippen LogP contribution in [0.3, 0.4) is 0 Å². The Bertz CT molecular complexity index is 237. The molecular formula is C16H32N2. The molecule has 2 heteroatoms. The van der Waals surface area contributed by atoms with Crippen molar-refractivity contribution >= 4 is 0 Å². The van der Waals surface area contributed by atoms with Crippen molar-refractivity contribution in [2.24, 2.45) is 23.5 Å². The third-order valence-corrected chi connectivity index (χ3v) is 5.27. The van der Waals surface area contributed by atoms with E-state index in [-0.39, 0.29) is 0 Å². The molecule has 0 aromatic heterocycles. The van der Waals surface area contributed by atoms with Crippen LogP contribution in [0.5, 0.6) is 0 Å². The highest BCUT2D eigenvalue weighted by atomic mass is 15.2. The van der Waals surface area contributed by atoms with Crippen molar-refractivity contribution in [3.63, 3.8) is 0 Å². The predicted octanol–water partition coefficient (Wildman–Crippen LogP) is 3.26. The van der Waals surface area contributed by atoms with E-state index in [1.165, 1.54) is 58.0 Å². The molecule has 1 saturated carbocycles. The Hall–Kier alpha value is -0.0800. The van der Waals surface area contributed by atoms with Crippen LogP contribution in [0.25, 0.3) is 0 Å². The smallest absolute Gasteiger partial charge is 0.00981 e. The number of nitrogens with two attached hydrogens (primary N) is 1. The van der Waals surface area contributed by atoms with Crippen LogP contribution in [0.2, 0.25) is 0 Å². The summed E-state index contributed by atoms with van der Waals surface area (Å²) in [4.78, 5) is 2.80. The zero-order chi connectivity index (χ0) is 13.0. The van der Waals surface area contributed by atoms with E-state index in [1.54, 1.807) is 0 Å². The summed E-state index contributed by atoms with van der Waals surface area (Å²) in [5.74, 6) is 2.72. The van der Waals surface area contributed by atoms with Crippen molar-refractivity contribution < 1.29 is 0 Å². The van der Waals surface area contributed by atoms with Crippen LogP contribution in [-0.4, -0.2) is 30.6 Å². The van der Waals surface area contributed by atoms with Crippen molar-refractivity contribution in [1.29, 1.82) is 0 Å². The zero-order valence-corrected chi connectivity index (χ0v) is 12.4. The van der Waals surface area contributed by atoms with Crippen molar-refractivity contribution in [1.82, 2.24) is 4.90 Å². The SMILES string of the molecule is CC(C)C1CCCC(N2CCCC(CCN)C2)C1. The summed E-state index contributed by atoms with van der Waals surface area (Å²) in [7, 11) is 0. The Balaban J connectivity index is 1.86. The number of nitrogens with zero attached hydrogens (tertiary/aromatic N) is 1. The second kappa shape index (κ2) is 6.91. The van der Waals surface area contributed by atoms with Gasteiger partial charge in [-0.1, -0.05) is 26.7 Å². The predicted molar refractivity (Wildman–Crippen MR) is 78.6 cm³/mol. The third-order valence-electron chi connectivity index (χ3n) is 5.27. The number of hydrogen-bond acceptors (Lipinski definition) is 2. The molecule has 0 bridgehead atoms. The summed E-state index contributed by atoms with van der Waals surface area (Å²) in [6.07, 6.45) is 9.85. The molecule has 2 fully saturated rings. The van der Waals surface area contributed by atoms with Crippen LogP contribution in [0.15, 0.2) is 0 Å². The Labute approximate surface area is 113 Å². The molecule has 1 aliphatic heterocycles. The fourth-order valence-electron chi connectivity index (χ4n) is 4.04. The number of likely N-dealkylation sites (tertiary alicyclic amines) is 1. The Morgan fingerprint density at radius 2 is 2.00 bits per heavy atom. The maximum atomic E-state index is 5.73. The zero-order valence-electron chi connectivity index (χ0n) is 12.4. The van der Waals surface area contributed by atoms with Gasteiger partial charge in [-0.15, -0.1) is 0 Å². The second-order valence-electron chi connectivity index (χ2n) is 6.91. The van der Waals surface area contributed by atoms with E-state index in [0.29, 0.717) is 0 Å². The highest BCUT2D eigenvalue weighted by Crippen LogP contribution is 2.34. The maximum absolute atomic E-state index is 5.73. The first-order valence-corrected chi connectivity index (χ1v) is 8.14. The molecule has 3 atom stereocenters. The Morgan fingerprint density at radius 3 is 2.72 bits per heavy atom. The topological polar surface area (TPSA) is 29.3 Å². The van der Waals surface area contributed by atoms with Gasteiger partial charge in [0.15, 0.2) is 0 Å². The van der Waals surface area contributed by atoms with E-state index < -0.39 is 0 Å². The highest BCUT2D eigenvalue weighted by molar-refractivity contribution is 4.85. The van der Waals surface area contributed by atoms with Gasteiger partial charge < -0.3 is 10.6 Å². The lowest BCUT2D eigenvalue weighted by atomic mass is 9.78. The summed E-state index contributed by atoms with van der Waals surface area (Å²) >= 11 is 0. The van der Waals surface area contributed by atoms with Gasteiger partial charge in [-0.3, -0.25) is 0 Å². The van der Waals surface area contributed by atoms with E-state index >= 15 is 0 Å². The van der Waals surface area contributed by atoms with Gasteiger partial charge in [-0.25, -0.2) is 0 Å². The van der Waals surface area contributed by atoms with Crippen LogP contribution in [0.1, 0.15) is 58.8 Å². The van der Waals surface area contributed by atoms with Gasteiger partial charge in [0.05, 0.1) is 0 Å². The van der Waals surface area contributed by atoms with Crippen molar-refractivity contribution in [2.75, 3.05) is 19.6 Å². The molecule has 0 radical (unpaired) electrons. The van der Waals surface area contributed by atoms with E-state index in [9.17, 15) is 0 Å². The summed E-state index contributed by atoms with van der Waals surface area (Å²) in [5, 5.41) is 0. The fraction of sp³-hybridized carbons (Fsp3) is 1.00. The summed E-state index contributed by atoms with van der Waals surface area (Å²) in [6, 6.07) is 0.881. The minimum Gasteiger partial charge on any atom is -0.330 e. The molecule has 2 nitrogen and oxygen atoms in total. The maximum Gasteiger partial charge on any atom is 0.00981 e. The molecule has 0 amide bonds. The number of hydrogen-bond donors (Lipinski definition) is 1. The molecular weight excluding hydrogens is 220 g/mol. The van der Waals surface area contributed by atoms with Crippen LogP contribution >= 0.6 is 0 Å². The normalized spacial score (nSPS) is 35.0. The van der Waals surface area contributed by atoms with Crippen LogP contribution < -0.4 is 5.73 Å². The minimum atomic E-state index is 0.873. The second-order valence-corrected chi connectivity index (χ2v) is 6.91. The van der Waals surface area contributed by atoms with E-state index in [1.807, 2.05) is 0 Å². The van der Waals surface area contributed by atoms with Crippen molar-refractivity contribution in [3.05, 3.63) is 0 Å². The van der Waals surface area contributed by atoms with E-state index in [2.05, 4.69) is 18.7 Å². The highest BCUT2D eigenvalue weighted by Gasteiger charge is 2.30. The third kappa shape index (κ3) is 3.71. The summed E-state index contributed by atoms with van der Waals surface area (Å²) < 4.78 is 0. The van der Waals surface area contributed by atoms with Crippen LogP contribution in [0.4, 0.5) is 0 Å². The summed E-state index contributed by atoms with van der Waals surface area (Å²) in [6.45, 7) is 8.35. The Morgan fingerprint density at radius 1 is 1.17 bits per heavy atom. The van der Waals surface area contributed by atoms with Crippen molar-refractivity contribution in [3.8, 4) is 0 Å². The van der Waals surface area contributed by atoms with Gasteiger partial charge >= 0.3 is 0 Å². The van der Waals surface area contributed by atoms with Gasteiger partial charge in [-0.05, 0) is 62.9 Å². The molecule has 1 saturated heterocycles. The molecule has 2 N–H and O–H groups in total. The quantitative estimate of drug-likeness (QED) is 0.832. The van der Waals surface area contributed by atoms with Crippen molar-refractivity contribution in [2.45, 2.75) is 64.8 Å². The monoisotopic (exact) mass is 252 g/mol. The molecule has 2 rings (SSSR count). The molecule has 18 heavy (non-hydrogen) atoms. The molecule has 106 valence electrons. The van der Waals surface area contributed by atoms with Crippen LogP contribution in [-0.2, 0) is 0 Å². The average Bonchev–Trinajstić information content (AvgIpc) is 2.39. The molecule has 3 unspecified atom stereocenters. The molecule has 0 spiro atoms. The fourth-order valence-corrected chi connectivity index (χ4v) is 4.04. The lowest BCUT2D eigenvalue weighted by molar-refractivity contribution is 0.0714. The van der Waals surface area contributed by atoms with Gasteiger partial charge in [0, 0.05) is 12.6 Å². The largest absolute Gasteiger partial charge is 0.330 e. The van der Waals surface area contributed by atoms with Gasteiger partial charge in [-0.2, -0.15) is 0 Å².